The van der Waals surface area contributed by atoms with Gasteiger partial charge in [0.05, 0.1) is 6.10 Å². The summed E-state index contributed by atoms with van der Waals surface area (Å²) in [6.45, 7) is 5.15. The standard InChI is InChI=1S/C35H64O5/c1-3-5-7-9-11-13-15-17-19-21-23-31-39-34(37)29-25-27-33(36)28-26-30-35(38)40-32-24-22-20-18-16-14-12-10-8-6-4-2/h21-24,33,36H,3-20,25-32H2,1-2H3. The van der Waals surface area contributed by atoms with Gasteiger partial charge in [0.1, 0.15) is 13.2 Å². The van der Waals surface area contributed by atoms with Crippen molar-refractivity contribution in [1.29, 1.82) is 0 Å². The number of aliphatic hydroxyl groups excluding tert-OH is 1. The molecule has 5 heteroatoms. The predicted octanol–water partition coefficient (Wildman–Crippen LogP) is 9.95. The molecular weight excluding hydrogens is 500 g/mol. The molecule has 234 valence electrons. The summed E-state index contributed by atoms with van der Waals surface area (Å²) in [7, 11) is 0. The van der Waals surface area contributed by atoms with Crippen LogP contribution in [0.25, 0.3) is 0 Å². The molecule has 40 heavy (non-hydrogen) atoms. The average molecular weight is 565 g/mol. The summed E-state index contributed by atoms with van der Waals surface area (Å²) in [6.07, 6.45) is 33.6. The Morgan fingerprint density at radius 1 is 0.525 bits per heavy atom. The highest BCUT2D eigenvalue weighted by atomic mass is 16.5. The quantitative estimate of drug-likeness (QED) is 0.0534. The number of aliphatic hydroxyl groups is 1. The SMILES string of the molecule is CCCCCCCCCCC=CCOC(=O)CCCC(O)CCCC(=O)OCC=CCCCCCCCCCC. The number of carbonyl (C=O) groups is 2. The Morgan fingerprint density at radius 3 is 1.25 bits per heavy atom. The van der Waals surface area contributed by atoms with E-state index in [4.69, 9.17) is 9.47 Å². The van der Waals surface area contributed by atoms with Crippen molar-refractivity contribution in [3.05, 3.63) is 24.3 Å². The predicted molar refractivity (Wildman–Crippen MR) is 168 cm³/mol. The molecule has 0 aliphatic carbocycles. The molecule has 5 nitrogen and oxygen atoms in total. The smallest absolute Gasteiger partial charge is 0.306 e. The molecule has 0 fully saturated rings. The number of ether oxygens (including phenoxy) is 2. The van der Waals surface area contributed by atoms with Gasteiger partial charge in [0.15, 0.2) is 0 Å². The van der Waals surface area contributed by atoms with Crippen LogP contribution in [0.2, 0.25) is 0 Å². The van der Waals surface area contributed by atoms with E-state index in [-0.39, 0.29) is 11.9 Å². The fourth-order valence-corrected chi connectivity index (χ4v) is 4.70. The second kappa shape index (κ2) is 31.9. The van der Waals surface area contributed by atoms with Crippen LogP contribution in [0.5, 0.6) is 0 Å². The van der Waals surface area contributed by atoms with E-state index in [1.54, 1.807) is 0 Å². The van der Waals surface area contributed by atoms with E-state index in [2.05, 4.69) is 26.0 Å². The molecule has 0 aromatic heterocycles. The minimum absolute atomic E-state index is 0.219. The molecule has 0 saturated carbocycles. The third-order valence-corrected chi connectivity index (χ3v) is 7.30. The van der Waals surface area contributed by atoms with Crippen LogP contribution in [0.1, 0.15) is 168 Å². The number of unbranched alkanes of at least 4 members (excludes halogenated alkanes) is 16. The normalized spacial score (nSPS) is 12.4. The highest BCUT2D eigenvalue weighted by molar-refractivity contribution is 5.69. The Morgan fingerprint density at radius 2 is 0.875 bits per heavy atom. The summed E-state index contributed by atoms with van der Waals surface area (Å²) < 4.78 is 10.5. The Kier molecular flexibility index (Phi) is 30.6. The van der Waals surface area contributed by atoms with E-state index in [1.165, 1.54) is 103 Å². The summed E-state index contributed by atoms with van der Waals surface area (Å²) >= 11 is 0. The molecule has 0 amide bonds. The lowest BCUT2D eigenvalue weighted by atomic mass is 10.1. The molecule has 0 atom stereocenters. The summed E-state index contributed by atoms with van der Waals surface area (Å²) in [6, 6.07) is 0. The van der Waals surface area contributed by atoms with Crippen LogP contribution in [-0.2, 0) is 19.1 Å². The Bertz CT molecular complexity index is 561. The number of rotatable bonds is 30. The van der Waals surface area contributed by atoms with E-state index in [0.29, 0.717) is 51.7 Å². The monoisotopic (exact) mass is 564 g/mol. The molecule has 0 aromatic rings. The highest BCUT2D eigenvalue weighted by Gasteiger charge is 2.09. The largest absolute Gasteiger partial charge is 0.461 e. The Labute approximate surface area is 247 Å². The van der Waals surface area contributed by atoms with Crippen LogP contribution >= 0.6 is 0 Å². The molecule has 0 spiro atoms. The van der Waals surface area contributed by atoms with Crippen LogP contribution in [-0.4, -0.2) is 36.4 Å². The zero-order chi connectivity index (χ0) is 29.4. The van der Waals surface area contributed by atoms with E-state index >= 15 is 0 Å². The molecule has 0 bridgehead atoms. The minimum atomic E-state index is -0.501. The van der Waals surface area contributed by atoms with Crippen LogP contribution in [0.4, 0.5) is 0 Å². The van der Waals surface area contributed by atoms with Crippen molar-refractivity contribution in [3.8, 4) is 0 Å². The third kappa shape index (κ3) is 30.9. The maximum absolute atomic E-state index is 11.9. The molecule has 0 saturated heterocycles. The first-order chi connectivity index (χ1) is 19.6. The minimum Gasteiger partial charge on any atom is -0.461 e. The van der Waals surface area contributed by atoms with Crippen molar-refractivity contribution in [1.82, 2.24) is 0 Å². The van der Waals surface area contributed by atoms with E-state index < -0.39 is 6.10 Å². The molecule has 0 rings (SSSR count). The summed E-state index contributed by atoms with van der Waals surface area (Å²) in [5.41, 5.74) is 0. The van der Waals surface area contributed by atoms with E-state index in [9.17, 15) is 14.7 Å². The van der Waals surface area contributed by atoms with E-state index in [1.807, 2.05) is 12.2 Å². The molecule has 0 radical (unpaired) electrons. The molecule has 1 N–H and O–H groups in total. The third-order valence-electron chi connectivity index (χ3n) is 7.30. The lowest BCUT2D eigenvalue weighted by molar-refractivity contribution is -0.143. The van der Waals surface area contributed by atoms with Crippen LogP contribution in [0.15, 0.2) is 24.3 Å². The number of hydrogen-bond acceptors (Lipinski definition) is 5. The fourth-order valence-electron chi connectivity index (χ4n) is 4.70. The fraction of sp³-hybridized carbons (Fsp3) is 0.829. The lowest BCUT2D eigenvalue weighted by Gasteiger charge is -2.10. The van der Waals surface area contributed by atoms with Gasteiger partial charge in [-0.25, -0.2) is 0 Å². The van der Waals surface area contributed by atoms with Gasteiger partial charge in [-0.3, -0.25) is 9.59 Å². The van der Waals surface area contributed by atoms with Gasteiger partial charge in [-0.05, 0) is 51.4 Å². The summed E-state index contributed by atoms with van der Waals surface area (Å²) in [5.74, 6) is -0.439. The van der Waals surface area contributed by atoms with Crippen molar-refractivity contribution in [2.24, 2.45) is 0 Å². The zero-order valence-corrected chi connectivity index (χ0v) is 26.4. The number of carbonyl (C=O) groups excluding carboxylic acids is 2. The van der Waals surface area contributed by atoms with Crippen molar-refractivity contribution in [3.63, 3.8) is 0 Å². The van der Waals surface area contributed by atoms with Crippen molar-refractivity contribution < 1.29 is 24.2 Å². The van der Waals surface area contributed by atoms with Gasteiger partial charge in [-0.15, -0.1) is 0 Å². The van der Waals surface area contributed by atoms with Crippen molar-refractivity contribution >= 4 is 11.9 Å². The van der Waals surface area contributed by atoms with Crippen molar-refractivity contribution in [2.45, 2.75) is 174 Å². The van der Waals surface area contributed by atoms with E-state index in [0.717, 1.165) is 12.8 Å². The van der Waals surface area contributed by atoms with Gasteiger partial charge in [0.25, 0.3) is 0 Å². The maximum atomic E-state index is 11.9. The highest BCUT2D eigenvalue weighted by Crippen LogP contribution is 2.12. The lowest BCUT2D eigenvalue weighted by Crippen LogP contribution is -2.11. The van der Waals surface area contributed by atoms with Gasteiger partial charge in [0, 0.05) is 12.8 Å². The second-order valence-electron chi connectivity index (χ2n) is 11.3. The molecule has 0 aliphatic rings. The zero-order valence-electron chi connectivity index (χ0n) is 26.4. The van der Waals surface area contributed by atoms with Gasteiger partial charge in [-0.1, -0.05) is 128 Å². The first-order valence-corrected chi connectivity index (χ1v) is 16.9. The van der Waals surface area contributed by atoms with Gasteiger partial charge >= 0.3 is 11.9 Å². The second-order valence-corrected chi connectivity index (χ2v) is 11.3. The summed E-state index contributed by atoms with van der Waals surface area (Å²) in [5, 5.41) is 10.1. The first kappa shape index (κ1) is 38.4. The number of allylic oxidation sites excluding steroid dienone is 2. The number of esters is 2. The van der Waals surface area contributed by atoms with Gasteiger partial charge in [-0.2, -0.15) is 0 Å². The number of hydrogen-bond donors (Lipinski definition) is 1. The maximum Gasteiger partial charge on any atom is 0.306 e. The topological polar surface area (TPSA) is 72.8 Å². The van der Waals surface area contributed by atoms with Gasteiger partial charge in [0.2, 0.25) is 0 Å². The van der Waals surface area contributed by atoms with Crippen LogP contribution in [0.3, 0.4) is 0 Å². The average Bonchev–Trinajstić information content (AvgIpc) is 2.94. The van der Waals surface area contributed by atoms with Crippen LogP contribution < -0.4 is 0 Å². The Hall–Kier alpha value is -1.62. The molecule has 0 aliphatic heterocycles. The molecule has 0 aromatic carbocycles. The molecular formula is C35H64O5. The molecule has 0 heterocycles. The van der Waals surface area contributed by atoms with Gasteiger partial charge < -0.3 is 14.6 Å². The Balaban J connectivity index is 3.50. The van der Waals surface area contributed by atoms with Crippen molar-refractivity contribution in [2.75, 3.05) is 13.2 Å². The first-order valence-electron chi connectivity index (χ1n) is 16.9. The van der Waals surface area contributed by atoms with Crippen LogP contribution in [0, 0.1) is 0 Å². The summed E-state index contributed by atoms with van der Waals surface area (Å²) in [4.78, 5) is 23.7. The molecule has 0 unspecified atom stereocenters.